The third-order valence-corrected chi connectivity index (χ3v) is 3.50. The maximum absolute atomic E-state index is 11.7. The van der Waals surface area contributed by atoms with Crippen LogP contribution in [0.2, 0.25) is 0 Å². The zero-order valence-corrected chi connectivity index (χ0v) is 8.08. The van der Waals surface area contributed by atoms with Gasteiger partial charge >= 0.3 is 0 Å². The van der Waals surface area contributed by atoms with E-state index in [-0.39, 0.29) is 11.7 Å². The standard InChI is InChI=1S/C11H16O2/c1-7(12)2-3-9-4-8-5-10(6-8)11(9)13/h8-10H,2-6H2,1H3. The predicted octanol–water partition coefficient (Wildman–Crippen LogP) is 1.97. The summed E-state index contributed by atoms with van der Waals surface area (Å²) < 4.78 is 0. The number of hydrogen-bond acceptors (Lipinski definition) is 2. The molecule has 0 amide bonds. The van der Waals surface area contributed by atoms with Gasteiger partial charge in [-0.2, -0.15) is 0 Å². The molecule has 3 rings (SSSR count). The van der Waals surface area contributed by atoms with Gasteiger partial charge in [-0.15, -0.1) is 0 Å². The summed E-state index contributed by atoms with van der Waals surface area (Å²) in [5, 5.41) is 0. The van der Waals surface area contributed by atoms with E-state index in [1.807, 2.05) is 0 Å². The van der Waals surface area contributed by atoms with Crippen molar-refractivity contribution in [3.8, 4) is 0 Å². The van der Waals surface area contributed by atoms with Gasteiger partial charge in [0.25, 0.3) is 0 Å². The van der Waals surface area contributed by atoms with E-state index in [9.17, 15) is 9.59 Å². The molecule has 0 spiro atoms. The molecule has 2 heteroatoms. The molecule has 3 saturated carbocycles. The van der Waals surface area contributed by atoms with Gasteiger partial charge in [-0.25, -0.2) is 0 Å². The van der Waals surface area contributed by atoms with Crippen molar-refractivity contribution in [3.63, 3.8) is 0 Å². The van der Waals surface area contributed by atoms with Crippen molar-refractivity contribution >= 4 is 11.6 Å². The molecule has 1 unspecified atom stereocenters. The molecule has 1 atom stereocenters. The number of ketones is 2. The summed E-state index contributed by atoms with van der Waals surface area (Å²) in [6.07, 6.45) is 4.73. The predicted molar refractivity (Wildman–Crippen MR) is 49.2 cm³/mol. The van der Waals surface area contributed by atoms with Gasteiger partial charge in [0.1, 0.15) is 11.6 Å². The van der Waals surface area contributed by atoms with Gasteiger partial charge in [0.05, 0.1) is 0 Å². The summed E-state index contributed by atoms with van der Waals surface area (Å²) in [6.45, 7) is 1.61. The topological polar surface area (TPSA) is 34.1 Å². The van der Waals surface area contributed by atoms with Crippen molar-refractivity contribution < 1.29 is 9.59 Å². The lowest BCUT2D eigenvalue weighted by molar-refractivity contribution is -0.138. The number of carbonyl (C=O) groups excluding carboxylic acids is 2. The highest BCUT2D eigenvalue weighted by molar-refractivity contribution is 5.86. The fraction of sp³-hybridized carbons (Fsp3) is 0.818. The highest BCUT2D eigenvalue weighted by Gasteiger charge is 2.44. The highest BCUT2D eigenvalue weighted by Crippen LogP contribution is 2.46. The van der Waals surface area contributed by atoms with E-state index in [4.69, 9.17) is 0 Å². The van der Waals surface area contributed by atoms with Gasteiger partial charge in [-0.05, 0) is 38.5 Å². The van der Waals surface area contributed by atoms with Crippen LogP contribution in [0.25, 0.3) is 0 Å². The van der Waals surface area contributed by atoms with Crippen molar-refractivity contribution in [1.82, 2.24) is 0 Å². The quantitative estimate of drug-likeness (QED) is 0.665. The van der Waals surface area contributed by atoms with Crippen LogP contribution in [0.1, 0.15) is 39.0 Å². The van der Waals surface area contributed by atoms with Crippen molar-refractivity contribution in [1.29, 1.82) is 0 Å². The summed E-state index contributed by atoms with van der Waals surface area (Å²) in [5.74, 6) is 2.06. The second kappa shape index (κ2) is 3.24. The van der Waals surface area contributed by atoms with Crippen molar-refractivity contribution in [2.24, 2.45) is 17.8 Å². The molecule has 3 fully saturated rings. The first-order chi connectivity index (χ1) is 6.16. The van der Waals surface area contributed by atoms with Crippen LogP contribution in [0, 0.1) is 17.8 Å². The molecule has 0 heterocycles. The van der Waals surface area contributed by atoms with E-state index in [2.05, 4.69) is 0 Å². The number of Topliss-reactive ketones (excluding diaryl/α,β-unsaturated/α-hetero) is 2. The molecule has 2 nitrogen and oxygen atoms in total. The molecule has 0 aromatic rings. The SMILES string of the molecule is CC(=O)CCC1CC2CC(C2)C1=O. The Morgan fingerprint density at radius 3 is 2.62 bits per heavy atom. The second-order valence-corrected chi connectivity index (χ2v) is 4.61. The molecule has 3 aliphatic rings. The minimum Gasteiger partial charge on any atom is -0.300 e. The molecule has 0 N–H and O–H groups in total. The number of rotatable bonds is 3. The summed E-state index contributed by atoms with van der Waals surface area (Å²) in [4.78, 5) is 22.4. The minimum atomic E-state index is 0.215. The Hall–Kier alpha value is -0.660. The van der Waals surface area contributed by atoms with Crippen molar-refractivity contribution in [2.45, 2.75) is 39.0 Å². The average Bonchev–Trinajstić information content (AvgIpc) is 2.00. The molecule has 0 saturated heterocycles. The minimum absolute atomic E-state index is 0.215. The lowest BCUT2D eigenvalue weighted by atomic mass is 9.60. The van der Waals surface area contributed by atoms with E-state index in [1.54, 1.807) is 6.92 Å². The molecule has 0 aromatic carbocycles. The molecule has 0 aromatic heterocycles. The van der Waals surface area contributed by atoms with Gasteiger partial charge in [0.2, 0.25) is 0 Å². The summed E-state index contributed by atoms with van der Waals surface area (Å²) >= 11 is 0. The summed E-state index contributed by atoms with van der Waals surface area (Å²) in [5.41, 5.74) is 0. The molecule has 3 aliphatic carbocycles. The van der Waals surface area contributed by atoms with Crippen LogP contribution in [0.3, 0.4) is 0 Å². The molecule has 13 heavy (non-hydrogen) atoms. The van der Waals surface area contributed by atoms with E-state index in [1.165, 1.54) is 0 Å². The van der Waals surface area contributed by atoms with E-state index < -0.39 is 0 Å². The lowest BCUT2D eigenvalue weighted by Gasteiger charge is -2.43. The van der Waals surface area contributed by atoms with E-state index in [0.717, 1.165) is 31.6 Å². The summed E-state index contributed by atoms with van der Waals surface area (Å²) in [7, 11) is 0. The van der Waals surface area contributed by atoms with Crippen molar-refractivity contribution in [3.05, 3.63) is 0 Å². The van der Waals surface area contributed by atoms with Crippen LogP contribution in [0.4, 0.5) is 0 Å². The van der Waals surface area contributed by atoms with E-state index >= 15 is 0 Å². The molecular weight excluding hydrogens is 164 g/mol. The van der Waals surface area contributed by atoms with Crippen LogP contribution in [-0.4, -0.2) is 11.6 Å². The van der Waals surface area contributed by atoms with Crippen LogP contribution in [-0.2, 0) is 9.59 Å². The normalized spacial score (nSPS) is 37.0. The second-order valence-electron chi connectivity index (χ2n) is 4.61. The smallest absolute Gasteiger partial charge is 0.139 e. The Labute approximate surface area is 78.7 Å². The lowest BCUT2D eigenvalue weighted by Crippen LogP contribution is -2.42. The van der Waals surface area contributed by atoms with Gasteiger partial charge in [-0.1, -0.05) is 0 Å². The zero-order chi connectivity index (χ0) is 9.42. The molecular formula is C11H16O2. The Bertz CT molecular complexity index is 238. The monoisotopic (exact) mass is 180 g/mol. The number of fused-ring (bicyclic) bond motifs is 2. The van der Waals surface area contributed by atoms with Gasteiger partial charge in [0.15, 0.2) is 0 Å². The van der Waals surface area contributed by atoms with Crippen LogP contribution < -0.4 is 0 Å². The van der Waals surface area contributed by atoms with Crippen LogP contribution in [0.5, 0.6) is 0 Å². The van der Waals surface area contributed by atoms with Gasteiger partial charge < -0.3 is 4.79 Å². The average molecular weight is 180 g/mol. The van der Waals surface area contributed by atoms with Crippen LogP contribution in [0.15, 0.2) is 0 Å². The fourth-order valence-corrected chi connectivity index (χ4v) is 2.65. The Kier molecular flexibility index (Phi) is 2.22. The summed E-state index contributed by atoms with van der Waals surface area (Å²) in [6, 6.07) is 0. The maximum Gasteiger partial charge on any atom is 0.139 e. The van der Waals surface area contributed by atoms with E-state index in [0.29, 0.717) is 18.1 Å². The molecule has 2 bridgehead atoms. The largest absolute Gasteiger partial charge is 0.300 e. The molecule has 0 aliphatic heterocycles. The number of hydrogen-bond donors (Lipinski definition) is 0. The Balaban J connectivity index is 1.86. The first-order valence-corrected chi connectivity index (χ1v) is 5.20. The Morgan fingerprint density at radius 2 is 2.08 bits per heavy atom. The highest BCUT2D eigenvalue weighted by atomic mass is 16.1. The van der Waals surface area contributed by atoms with Crippen LogP contribution >= 0.6 is 0 Å². The van der Waals surface area contributed by atoms with Gasteiger partial charge in [-0.3, -0.25) is 4.79 Å². The molecule has 72 valence electrons. The third kappa shape index (κ3) is 1.67. The molecule has 0 radical (unpaired) electrons. The fourth-order valence-electron chi connectivity index (χ4n) is 2.65. The number of carbonyl (C=O) groups is 2. The van der Waals surface area contributed by atoms with Gasteiger partial charge in [0, 0.05) is 18.3 Å². The van der Waals surface area contributed by atoms with Crippen molar-refractivity contribution in [2.75, 3.05) is 0 Å². The Morgan fingerprint density at radius 1 is 1.38 bits per heavy atom. The zero-order valence-electron chi connectivity index (χ0n) is 8.08. The first-order valence-electron chi connectivity index (χ1n) is 5.20. The third-order valence-electron chi connectivity index (χ3n) is 3.50. The first kappa shape index (κ1) is 8.92. The maximum atomic E-state index is 11.7.